The number of carbonyl (C=O) groups is 1. The van der Waals surface area contributed by atoms with Gasteiger partial charge in [-0.2, -0.15) is 0 Å². The highest BCUT2D eigenvalue weighted by atomic mass is 79.9. The van der Waals surface area contributed by atoms with Gasteiger partial charge in [0.15, 0.2) is 0 Å². The fourth-order valence-corrected chi connectivity index (χ4v) is 2.16. The van der Waals surface area contributed by atoms with Gasteiger partial charge in [0.25, 0.3) is 5.91 Å². The van der Waals surface area contributed by atoms with Crippen molar-refractivity contribution in [1.29, 1.82) is 0 Å². The number of rotatable bonds is 6. The van der Waals surface area contributed by atoms with Crippen molar-refractivity contribution in [3.05, 3.63) is 52.8 Å². The van der Waals surface area contributed by atoms with Crippen molar-refractivity contribution in [2.24, 2.45) is 5.92 Å². The van der Waals surface area contributed by atoms with Crippen molar-refractivity contribution < 1.29 is 4.79 Å². The topological polar surface area (TPSA) is 54.0 Å². The summed E-state index contributed by atoms with van der Waals surface area (Å²) in [6.45, 7) is 4.93. The van der Waals surface area contributed by atoms with Gasteiger partial charge in [-0.15, -0.1) is 0 Å². The Morgan fingerprint density at radius 2 is 1.91 bits per heavy atom. The van der Waals surface area contributed by atoms with Crippen LogP contribution in [0, 0.1) is 5.92 Å². The standard InChI is InChI=1S/C17H20BrN3O/c1-12(2)7-9-20-17(22)16-11-15(8-10-19-16)21-14-5-3-13(18)4-6-14/h3-6,8,10-12H,7,9H2,1-2H3,(H,19,21)(H,20,22). The molecule has 0 radical (unpaired) electrons. The number of nitrogens with one attached hydrogen (secondary N) is 2. The van der Waals surface area contributed by atoms with Gasteiger partial charge in [0.05, 0.1) is 0 Å². The number of benzene rings is 1. The molecule has 22 heavy (non-hydrogen) atoms. The van der Waals surface area contributed by atoms with E-state index in [-0.39, 0.29) is 5.91 Å². The number of nitrogens with zero attached hydrogens (tertiary/aromatic N) is 1. The molecule has 1 aromatic carbocycles. The minimum Gasteiger partial charge on any atom is -0.355 e. The number of carbonyl (C=O) groups excluding carboxylic acids is 1. The monoisotopic (exact) mass is 361 g/mol. The molecule has 0 atom stereocenters. The van der Waals surface area contributed by atoms with Crippen LogP contribution in [0.25, 0.3) is 0 Å². The third-order valence-corrected chi connectivity index (χ3v) is 3.66. The third-order valence-electron chi connectivity index (χ3n) is 3.13. The molecular formula is C17H20BrN3O. The summed E-state index contributed by atoms with van der Waals surface area (Å²) >= 11 is 3.40. The minimum absolute atomic E-state index is 0.139. The summed E-state index contributed by atoms with van der Waals surface area (Å²) in [6.07, 6.45) is 2.60. The molecule has 0 saturated carbocycles. The van der Waals surface area contributed by atoms with E-state index in [0.717, 1.165) is 22.3 Å². The molecule has 2 N–H and O–H groups in total. The van der Waals surface area contributed by atoms with Crippen LogP contribution in [0.5, 0.6) is 0 Å². The van der Waals surface area contributed by atoms with Crippen LogP contribution in [0.4, 0.5) is 11.4 Å². The highest BCUT2D eigenvalue weighted by molar-refractivity contribution is 9.10. The van der Waals surface area contributed by atoms with Gasteiger partial charge >= 0.3 is 0 Å². The van der Waals surface area contributed by atoms with Gasteiger partial charge in [0.1, 0.15) is 5.69 Å². The molecule has 4 nitrogen and oxygen atoms in total. The number of hydrogen-bond donors (Lipinski definition) is 2. The lowest BCUT2D eigenvalue weighted by molar-refractivity contribution is 0.0947. The smallest absolute Gasteiger partial charge is 0.269 e. The predicted octanol–water partition coefficient (Wildman–Crippen LogP) is 4.36. The molecular weight excluding hydrogens is 342 g/mol. The minimum atomic E-state index is -0.139. The molecule has 0 aliphatic rings. The molecule has 1 heterocycles. The molecule has 0 saturated heterocycles. The Labute approximate surface area is 139 Å². The predicted molar refractivity (Wildman–Crippen MR) is 93.4 cm³/mol. The molecule has 2 rings (SSSR count). The molecule has 0 unspecified atom stereocenters. The van der Waals surface area contributed by atoms with Gasteiger partial charge in [-0.3, -0.25) is 9.78 Å². The molecule has 116 valence electrons. The fourth-order valence-electron chi connectivity index (χ4n) is 1.90. The molecule has 0 aliphatic heterocycles. The molecule has 1 amide bonds. The van der Waals surface area contributed by atoms with Crippen LogP contribution in [0.2, 0.25) is 0 Å². The first-order chi connectivity index (χ1) is 10.5. The number of pyridine rings is 1. The lowest BCUT2D eigenvalue weighted by Crippen LogP contribution is -2.26. The van der Waals surface area contributed by atoms with Gasteiger partial charge in [0, 0.05) is 28.6 Å². The Bertz CT molecular complexity index is 626. The second-order valence-corrected chi connectivity index (χ2v) is 6.42. The van der Waals surface area contributed by atoms with Crippen molar-refractivity contribution in [3.8, 4) is 0 Å². The summed E-state index contributed by atoms with van der Waals surface area (Å²) < 4.78 is 1.03. The second kappa shape index (κ2) is 7.94. The molecule has 0 fully saturated rings. The maximum Gasteiger partial charge on any atom is 0.269 e. The van der Waals surface area contributed by atoms with Crippen molar-refractivity contribution in [3.63, 3.8) is 0 Å². The summed E-state index contributed by atoms with van der Waals surface area (Å²) in [5.41, 5.74) is 2.22. The van der Waals surface area contributed by atoms with Crippen molar-refractivity contribution in [2.75, 3.05) is 11.9 Å². The van der Waals surface area contributed by atoms with E-state index in [1.165, 1.54) is 0 Å². The third kappa shape index (κ3) is 5.15. The summed E-state index contributed by atoms with van der Waals surface area (Å²) in [5, 5.41) is 6.15. The molecule has 0 bridgehead atoms. The SMILES string of the molecule is CC(C)CCNC(=O)c1cc(Nc2ccc(Br)cc2)ccn1. The van der Waals surface area contributed by atoms with Crippen LogP contribution in [0.15, 0.2) is 47.1 Å². The zero-order valence-electron chi connectivity index (χ0n) is 12.8. The first-order valence-corrected chi connectivity index (χ1v) is 8.11. The second-order valence-electron chi connectivity index (χ2n) is 5.50. The summed E-state index contributed by atoms with van der Waals surface area (Å²) in [5.74, 6) is 0.429. The molecule has 5 heteroatoms. The lowest BCUT2D eigenvalue weighted by Gasteiger charge is -2.09. The van der Waals surface area contributed by atoms with E-state index >= 15 is 0 Å². The number of anilines is 2. The van der Waals surface area contributed by atoms with Gasteiger partial charge in [-0.1, -0.05) is 29.8 Å². The van der Waals surface area contributed by atoms with E-state index < -0.39 is 0 Å². The van der Waals surface area contributed by atoms with Crippen molar-refractivity contribution >= 4 is 33.2 Å². The van der Waals surface area contributed by atoms with Crippen LogP contribution in [-0.4, -0.2) is 17.4 Å². The quantitative estimate of drug-likeness (QED) is 0.803. The molecule has 1 aromatic heterocycles. The maximum atomic E-state index is 12.1. The number of amides is 1. The van der Waals surface area contributed by atoms with E-state index in [1.54, 1.807) is 12.3 Å². The highest BCUT2D eigenvalue weighted by Crippen LogP contribution is 2.19. The van der Waals surface area contributed by atoms with Crippen molar-refractivity contribution in [2.45, 2.75) is 20.3 Å². The van der Waals surface area contributed by atoms with E-state index in [9.17, 15) is 4.79 Å². The molecule has 0 spiro atoms. The normalized spacial score (nSPS) is 10.5. The Balaban J connectivity index is 2.00. The Morgan fingerprint density at radius 3 is 2.59 bits per heavy atom. The Morgan fingerprint density at radius 1 is 1.18 bits per heavy atom. The van der Waals surface area contributed by atoms with Crippen molar-refractivity contribution in [1.82, 2.24) is 10.3 Å². The summed E-state index contributed by atoms with van der Waals surface area (Å²) in [4.78, 5) is 16.2. The largest absolute Gasteiger partial charge is 0.355 e. The van der Waals surface area contributed by atoms with Crippen LogP contribution in [0.3, 0.4) is 0 Å². The molecule has 2 aromatic rings. The fraction of sp³-hybridized carbons (Fsp3) is 0.294. The van der Waals surface area contributed by atoms with Crippen LogP contribution < -0.4 is 10.6 Å². The number of halogens is 1. The zero-order valence-corrected chi connectivity index (χ0v) is 14.4. The van der Waals surface area contributed by atoms with Gasteiger partial charge in [-0.25, -0.2) is 0 Å². The average molecular weight is 362 g/mol. The number of aromatic nitrogens is 1. The van der Waals surface area contributed by atoms with E-state index in [0.29, 0.717) is 18.2 Å². The summed E-state index contributed by atoms with van der Waals surface area (Å²) in [6, 6.07) is 11.4. The van der Waals surface area contributed by atoms with Crippen LogP contribution >= 0.6 is 15.9 Å². The average Bonchev–Trinajstić information content (AvgIpc) is 2.49. The van der Waals surface area contributed by atoms with E-state index in [1.807, 2.05) is 30.3 Å². The lowest BCUT2D eigenvalue weighted by atomic mass is 10.1. The number of hydrogen-bond acceptors (Lipinski definition) is 3. The van der Waals surface area contributed by atoms with E-state index in [2.05, 4.69) is 45.4 Å². The highest BCUT2D eigenvalue weighted by Gasteiger charge is 2.08. The first-order valence-electron chi connectivity index (χ1n) is 7.31. The maximum absolute atomic E-state index is 12.1. The van der Waals surface area contributed by atoms with Gasteiger partial charge < -0.3 is 10.6 Å². The van der Waals surface area contributed by atoms with Crippen LogP contribution in [0.1, 0.15) is 30.8 Å². The zero-order chi connectivity index (χ0) is 15.9. The molecule has 0 aliphatic carbocycles. The van der Waals surface area contributed by atoms with Gasteiger partial charge in [0.2, 0.25) is 0 Å². The Hall–Kier alpha value is -1.88. The summed E-state index contributed by atoms with van der Waals surface area (Å²) in [7, 11) is 0. The van der Waals surface area contributed by atoms with Gasteiger partial charge in [-0.05, 0) is 48.7 Å². The first kappa shape index (κ1) is 16.5. The van der Waals surface area contributed by atoms with E-state index in [4.69, 9.17) is 0 Å². The van der Waals surface area contributed by atoms with Crippen LogP contribution in [-0.2, 0) is 0 Å². The Kier molecular flexibility index (Phi) is 5.95.